The maximum atomic E-state index is 12.6. The number of nitrogens with one attached hydrogen (secondary N) is 1. The molecule has 1 aliphatic rings. The van der Waals surface area contributed by atoms with Crippen molar-refractivity contribution in [3.8, 4) is 5.75 Å². The Kier molecular flexibility index (Phi) is 7.18. The van der Waals surface area contributed by atoms with Crippen LogP contribution in [0.1, 0.15) is 25.3 Å². The van der Waals surface area contributed by atoms with Crippen molar-refractivity contribution in [3.05, 3.63) is 57.0 Å². The standard InChI is InChI=1S/C22H24Br2N2O2/c1-15-9-11-26(12-10-15)20-6-4-3-5-19(20)25-21(27)8-7-16-13-17(23)14-18(24)22(16)28-2/h3-8,13-15H,9-12H2,1-2H3,(H,25,27). The monoisotopic (exact) mass is 506 g/mol. The molecule has 1 fully saturated rings. The van der Waals surface area contributed by atoms with Crippen LogP contribution in [0.3, 0.4) is 0 Å². The number of carbonyl (C=O) groups is 1. The summed E-state index contributed by atoms with van der Waals surface area (Å²) in [7, 11) is 1.61. The van der Waals surface area contributed by atoms with Gasteiger partial charge >= 0.3 is 0 Å². The first-order chi connectivity index (χ1) is 13.5. The molecule has 2 aromatic carbocycles. The fraction of sp³-hybridized carbons (Fsp3) is 0.318. The highest BCUT2D eigenvalue weighted by molar-refractivity contribution is 9.11. The average Bonchev–Trinajstić information content (AvgIpc) is 2.67. The molecule has 0 radical (unpaired) electrons. The van der Waals surface area contributed by atoms with Crippen molar-refractivity contribution in [2.24, 2.45) is 5.92 Å². The van der Waals surface area contributed by atoms with Crippen LogP contribution in [0.4, 0.5) is 11.4 Å². The van der Waals surface area contributed by atoms with Gasteiger partial charge in [0.1, 0.15) is 5.75 Å². The maximum Gasteiger partial charge on any atom is 0.248 e. The Morgan fingerprint density at radius 3 is 2.64 bits per heavy atom. The molecule has 28 heavy (non-hydrogen) atoms. The molecule has 6 heteroatoms. The van der Waals surface area contributed by atoms with E-state index in [2.05, 4.69) is 55.1 Å². The number of hydrogen-bond acceptors (Lipinski definition) is 3. The van der Waals surface area contributed by atoms with Gasteiger partial charge in [0, 0.05) is 29.2 Å². The second-order valence-corrected chi connectivity index (χ2v) is 8.79. The van der Waals surface area contributed by atoms with Gasteiger partial charge in [0.2, 0.25) is 5.91 Å². The number of anilines is 2. The van der Waals surface area contributed by atoms with E-state index in [0.717, 1.165) is 44.9 Å². The Morgan fingerprint density at radius 1 is 1.21 bits per heavy atom. The Balaban J connectivity index is 1.75. The van der Waals surface area contributed by atoms with E-state index in [1.807, 2.05) is 30.3 Å². The van der Waals surface area contributed by atoms with Gasteiger partial charge in [-0.3, -0.25) is 4.79 Å². The fourth-order valence-electron chi connectivity index (χ4n) is 3.36. The van der Waals surface area contributed by atoms with E-state index in [-0.39, 0.29) is 5.91 Å². The van der Waals surface area contributed by atoms with Crippen LogP contribution in [0.15, 0.2) is 51.4 Å². The van der Waals surface area contributed by atoms with Gasteiger partial charge < -0.3 is 15.0 Å². The molecule has 1 heterocycles. The van der Waals surface area contributed by atoms with Crippen molar-refractivity contribution in [3.63, 3.8) is 0 Å². The van der Waals surface area contributed by atoms with Crippen molar-refractivity contribution in [2.75, 3.05) is 30.4 Å². The van der Waals surface area contributed by atoms with Crippen LogP contribution in [0.5, 0.6) is 5.75 Å². The summed E-state index contributed by atoms with van der Waals surface area (Å²) in [6, 6.07) is 11.8. The summed E-state index contributed by atoms with van der Waals surface area (Å²) in [5.74, 6) is 1.28. The predicted octanol–water partition coefficient (Wildman–Crippen LogP) is 6.11. The van der Waals surface area contributed by atoms with Crippen molar-refractivity contribution in [1.82, 2.24) is 0 Å². The summed E-state index contributed by atoms with van der Waals surface area (Å²) in [6.07, 6.45) is 5.65. The van der Waals surface area contributed by atoms with Gasteiger partial charge in [-0.2, -0.15) is 0 Å². The number of benzene rings is 2. The summed E-state index contributed by atoms with van der Waals surface area (Å²) < 4.78 is 7.17. The van der Waals surface area contributed by atoms with Gasteiger partial charge in [0.15, 0.2) is 0 Å². The highest BCUT2D eigenvalue weighted by atomic mass is 79.9. The van der Waals surface area contributed by atoms with Crippen LogP contribution in [-0.4, -0.2) is 26.1 Å². The van der Waals surface area contributed by atoms with E-state index in [1.54, 1.807) is 13.2 Å². The molecule has 0 unspecified atom stereocenters. The Hall–Kier alpha value is -1.79. The van der Waals surface area contributed by atoms with Crippen molar-refractivity contribution in [2.45, 2.75) is 19.8 Å². The summed E-state index contributed by atoms with van der Waals surface area (Å²) in [5.41, 5.74) is 2.74. The van der Waals surface area contributed by atoms with E-state index in [0.29, 0.717) is 5.75 Å². The molecule has 0 aliphatic carbocycles. The van der Waals surface area contributed by atoms with E-state index >= 15 is 0 Å². The second kappa shape index (κ2) is 9.61. The van der Waals surface area contributed by atoms with Crippen LogP contribution in [0, 0.1) is 5.92 Å². The van der Waals surface area contributed by atoms with Crippen LogP contribution >= 0.6 is 31.9 Å². The van der Waals surface area contributed by atoms with Crippen LogP contribution in [0.2, 0.25) is 0 Å². The number of carbonyl (C=O) groups excluding carboxylic acids is 1. The Morgan fingerprint density at radius 2 is 1.93 bits per heavy atom. The van der Waals surface area contributed by atoms with E-state index in [1.165, 1.54) is 18.9 Å². The predicted molar refractivity (Wildman–Crippen MR) is 123 cm³/mol. The zero-order chi connectivity index (χ0) is 20.1. The lowest BCUT2D eigenvalue weighted by molar-refractivity contribution is -0.111. The summed E-state index contributed by atoms with van der Waals surface area (Å²) >= 11 is 6.95. The fourth-order valence-corrected chi connectivity index (χ4v) is 4.78. The molecule has 1 aliphatic heterocycles. The molecule has 4 nitrogen and oxygen atoms in total. The maximum absolute atomic E-state index is 12.6. The van der Waals surface area contributed by atoms with Crippen molar-refractivity contribution in [1.29, 1.82) is 0 Å². The van der Waals surface area contributed by atoms with E-state index in [9.17, 15) is 4.79 Å². The van der Waals surface area contributed by atoms with Crippen LogP contribution in [0.25, 0.3) is 6.08 Å². The zero-order valence-corrected chi connectivity index (χ0v) is 19.2. The molecular formula is C22H24Br2N2O2. The van der Waals surface area contributed by atoms with Gasteiger partial charge in [0.25, 0.3) is 0 Å². The second-order valence-electron chi connectivity index (χ2n) is 7.02. The average molecular weight is 508 g/mol. The third-order valence-corrected chi connectivity index (χ3v) is 5.99. The molecule has 0 spiro atoms. The van der Waals surface area contributed by atoms with Crippen molar-refractivity contribution < 1.29 is 9.53 Å². The molecule has 1 amide bonds. The first kappa shape index (κ1) is 20.9. The number of halogens is 2. The van der Waals surface area contributed by atoms with Crippen LogP contribution in [-0.2, 0) is 4.79 Å². The molecule has 0 aromatic heterocycles. The van der Waals surface area contributed by atoms with Gasteiger partial charge in [-0.15, -0.1) is 0 Å². The molecule has 1 N–H and O–H groups in total. The number of amides is 1. The highest BCUT2D eigenvalue weighted by Crippen LogP contribution is 2.34. The molecule has 1 saturated heterocycles. The number of nitrogens with zero attached hydrogens (tertiary/aromatic N) is 1. The minimum atomic E-state index is -0.170. The molecule has 3 rings (SSSR count). The Bertz CT molecular complexity index is 875. The number of methoxy groups -OCH3 is 1. The van der Waals surface area contributed by atoms with E-state index in [4.69, 9.17) is 4.74 Å². The lowest BCUT2D eigenvalue weighted by Crippen LogP contribution is -2.33. The minimum Gasteiger partial charge on any atom is -0.495 e. The summed E-state index contributed by atoms with van der Waals surface area (Å²) in [4.78, 5) is 14.9. The lowest BCUT2D eigenvalue weighted by atomic mass is 9.98. The van der Waals surface area contributed by atoms with Gasteiger partial charge in [-0.1, -0.05) is 35.0 Å². The number of rotatable bonds is 5. The lowest BCUT2D eigenvalue weighted by Gasteiger charge is -2.33. The number of piperidine rings is 1. The molecule has 0 atom stereocenters. The Labute approximate surface area is 183 Å². The van der Waals surface area contributed by atoms with Gasteiger partial charge in [-0.25, -0.2) is 0 Å². The van der Waals surface area contributed by atoms with E-state index < -0.39 is 0 Å². The molecule has 0 bridgehead atoms. The normalized spacial score (nSPS) is 15.1. The van der Waals surface area contributed by atoms with Crippen LogP contribution < -0.4 is 15.0 Å². The first-order valence-electron chi connectivity index (χ1n) is 9.34. The number of hydrogen-bond donors (Lipinski definition) is 1. The third kappa shape index (κ3) is 5.17. The molecule has 2 aromatic rings. The zero-order valence-electron chi connectivity index (χ0n) is 16.0. The van der Waals surface area contributed by atoms with Gasteiger partial charge in [-0.05, 0) is 65.0 Å². The SMILES string of the molecule is COc1c(Br)cc(Br)cc1C=CC(=O)Nc1ccccc1N1CCC(C)CC1. The first-order valence-corrected chi connectivity index (χ1v) is 10.9. The highest BCUT2D eigenvalue weighted by Gasteiger charge is 2.18. The summed E-state index contributed by atoms with van der Waals surface area (Å²) in [6.45, 7) is 4.34. The quantitative estimate of drug-likeness (QED) is 0.496. The van der Waals surface area contributed by atoms with Gasteiger partial charge in [0.05, 0.1) is 23.0 Å². The number of para-hydroxylation sites is 2. The largest absolute Gasteiger partial charge is 0.495 e. The third-order valence-electron chi connectivity index (χ3n) is 4.94. The topological polar surface area (TPSA) is 41.6 Å². The van der Waals surface area contributed by atoms with Crippen molar-refractivity contribution >= 4 is 55.2 Å². The molecule has 0 saturated carbocycles. The number of ether oxygens (including phenoxy) is 1. The summed E-state index contributed by atoms with van der Waals surface area (Å²) in [5, 5.41) is 3.02. The smallest absolute Gasteiger partial charge is 0.248 e. The minimum absolute atomic E-state index is 0.170. The molecule has 148 valence electrons. The molecular weight excluding hydrogens is 484 g/mol.